The van der Waals surface area contributed by atoms with Gasteiger partial charge in [0, 0.05) is 16.8 Å². The van der Waals surface area contributed by atoms with Crippen molar-refractivity contribution in [3.63, 3.8) is 0 Å². The summed E-state index contributed by atoms with van der Waals surface area (Å²) in [6.07, 6.45) is 0. The Hall–Kier alpha value is -0.330. The standard InChI is InChI=1S/C13H16INOS/c1-13(2,11-4-3-7-17-11)9-15-8-10-5-6-12(14)16-10/h3-7,15H,8-9H2,1-2H3. The van der Waals surface area contributed by atoms with Crippen LogP contribution in [0.15, 0.2) is 34.1 Å². The summed E-state index contributed by atoms with van der Waals surface area (Å²) in [6.45, 7) is 6.26. The predicted octanol–water partition coefficient (Wildman–Crippen LogP) is 4.01. The van der Waals surface area contributed by atoms with Crippen LogP contribution in [0.2, 0.25) is 0 Å². The van der Waals surface area contributed by atoms with Crippen LogP contribution in [0.3, 0.4) is 0 Å². The summed E-state index contributed by atoms with van der Waals surface area (Å²) in [5, 5.41) is 5.58. The highest BCUT2D eigenvalue weighted by Gasteiger charge is 2.21. The molecule has 2 aromatic heterocycles. The van der Waals surface area contributed by atoms with Crippen LogP contribution < -0.4 is 5.32 Å². The monoisotopic (exact) mass is 361 g/mol. The third-order valence-corrected chi connectivity index (χ3v) is 4.50. The van der Waals surface area contributed by atoms with E-state index in [-0.39, 0.29) is 5.41 Å². The van der Waals surface area contributed by atoms with E-state index in [2.05, 4.69) is 59.3 Å². The second-order valence-corrected chi connectivity index (χ2v) is 6.68. The average Bonchev–Trinajstić information content (AvgIpc) is 2.89. The highest BCUT2D eigenvalue weighted by atomic mass is 127. The number of furan rings is 1. The minimum atomic E-state index is 0.175. The minimum Gasteiger partial charge on any atom is -0.454 e. The number of thiophene rings is 1. The normalized spacial score (nSPS) is 11.9. The lowest BCUT2D eigenvalue weighted by Crippen LogP contribution is -2.31. The number of nitrogens with one attached hydrogen (secondary N) is 1. The van der Waals surface area contributed by atoms with Crippen LogP contribution in [0.1, 0.15) is 24.5 Å². The maximum Gasteiger partial charge on any atom is 0.164 e. The molecule has 0 radical (unpaired) electrons. The minimum absolute atomic E-state index is 0.175. The van der Waals surface area contributed by atoms with Crippen LogP contribution >= 0.6 is 33.9 Å². The van der Waals surface area contributed by atoms with E-state index in [1.54, 1.807) is 0 Å². The van der Waals surface area contributed by atoms with Gasteiger partial charge >= 0.3 is 0 Å². The van der Waals surface area contributed by atoms with Crippen molar-refractivity contribution in [2.45, 2.75) is 25.8 Å². The van der Waals surface area contributed by atoms with Crippen LogP contribution in [0, 0.1) is 3.77 Å². The molecule has 0 aliphatic rings. The molecule has 0 saturated carbocycles. The summed E-state index contributed by atoms with van der Waals surface area (Å²) in [4.78, 5) is 1.42. The largest absolute Gasteiger partial charge is 0.454 e. The molecule has 1 N–H and O–H groups in total. The van der Waals surface area contributed by atoms with E-state index in [1.165, 1.54) is 4.88 Å². The maximum atomic E-state index is 5.52. The second kappa shape index (κ2) is 5.54. The van der Waals surface area contributed by atoms with Crippen molar-refractivity contribution in [3.05, 3.63) is 44.0 Å². The highest BCUT2D eigenvalue weighted by molar-refractivity contribution is 14.1. The van der Waals surface area contributed by atoms with Gasteiger partial charge in [-0.15, -0.1) is 11.3 Å². The van der Waals surface area contributed by atoms with Crippen molar-refractivity contribution in [2.75, 3.05) is 6.54 Å². The van der Waals surface area contributed by atoms with Crippen molar-refractivity contribution < 1.29 is 4.42 Å². The van der Waals surface area contributed by atoms with E-state index in [4.69, 9.17) is 4.42 Å². The van der Waals surface area contributed by atoms with Gasteiger partial charge in [0.15, 0.2) is 3.77 Å². The lowest BCUT2D eigenvalue weighted by Gasteiger charge is -2.23. The van der Waals surface area contributed by atoms with Crippen molar-refractivity contribution in [3.8, 4) is 0 Å². The zero-order valence-corrected chi connectivity index (χ0v) is 13.0. The average molecular weight is 361 g/mol. The highest BCUT2D eigenvalue weighted by Crippen LogP contribution is 2.26. The third kappa shape index (κ3) is 3.56. The van der Waals surface area contributed by atoms with Crippen LogP contribution in [0.4, 0.5) is 0 Å². The third-order valence-electron chi connectivity index (χ3n) is 2.68. The Morgan fingerprint density at radius 2 is 2.18 bits per heavy atom. The molecule has 0 unspecified atom stereocenters. The molecule has 0 atom stereocenters. The molecular formula is C13H16INOS. The smallest absolute Gasteiger partial charge is 0.164 e. The number of hydrogen-bond donors (Lipinski definition) is 1. The summed E-state index contributed by atoms with van der Waals surface area (Å²) in [5.41, 5.74) is 0.175. The van der Waals surface area contributed by atoms with E-state index in [1.807, 2.05) is 23.5 Å². The molecule has 0 fully saturated rings. The van der Waals surface area contributed by atoms with E-state index in [0.717, 1.165) is 22.6 Å². The zero-order valence-electron chi connectivity index (χ0n) is 10.00. The first-order valence-corrected chi connectivity index (χ1v) is 7.53. The van der Waals surface area contributed by atoms with Gasteiger partial charge in [-0.05, 0) is 46.2 Å². The fraction of sp³-hybridized carbons (Fsp3) is 0.385. The Morgan fingerprint density at radius 1 is 1.35 bits per heavy atom. The predicted molar refractivity (Wildman–Crippen MR) is 80.5 cm³/mol. The van der Waals surface area contributed by atoms with Gasteiger partial charge in [0.1, 0.15) is 5.76 Å². The summed E-state index contributed by atoms with van der Waals surface area (Å²) >= 11 is 4.00. The van der Waals surface area contributed by atoms with E-state index < -0.39 is 0 Å². The molecule has 0 bridgehead atoms. The Morgan fingerprint density at radius 3 is 2.76 bits per heavy atom. The molecule has 2 heterocycles. The Balaban J connectivity index is 1.86. The van der Waals surface area contributed by atoms with Crippen LogP contribution in [0.25, 0.3) is 0 Å². The van der Waals surface area contributed by atoms with Crippen LogP contribution in [0.5, 0.6) is 0 Å². The zero-order chi connectivity index (χ0) is 12.3. The Kier molecular flexibility index (Phi) is 4.27. The van der Waals surface area contributed by atoms with Crippen molar-refractivity contribution >= 4 is 33.9 Å². The van der Waals surface area contributed by atoms with Gasteiger partial charge in [-0.3, -0.25) is 0 Å². The summed E-state index contributed by atoms with van der Waals surface area (Å²) < 4.78 is 6.46. The van der Waals surface area contributed by atoms with Gasteiger partial charge in [-0.1, -0.05) is 19.9 Å². The molecule has 0 spiro atoms. The summed E-state index contributed by atoms with van der Waals surface area (Å²) in [6, 6.07) is 8.31. The first-order valence-electron chi connectivity index (χ1n) is 5.57. The number of rotatable bonds is 5. The van der Waals surface area contributed by atoms with Crippen LogP contribution in [-0.2, 0) is 12.0 Å². The Labute approximate surface area is 120 Å². The molecule has 17 heavy (non-hydrogen) atoms. The first kappa shape index (κ1) is 13.1. The van der Waals surface area contributed by atoms with Gasteiger partial charge in [0.05, 0.1) is 6.54 Å². The lowest BCUT2D eigenvalue weighted by atomic mass is 9.91. The fourth-order valence-corrected chi connectivity index (χ4v) is 3.01. The van der Waals surface area contributed by atoms with E-state index in [9.17, 15) is 0 Å². The fourth-order valence-electron chi connectivity index (χ4n) is 1.70. The summed E-state index contributed by atoms with van der Waals surface area (Å²) in [5.74, 6) is 0.997. The van der Waals surface area contributed by atoms with Crippen LogP contribution in [-0.4, -0.2) is 6.54 Å². The van der Waals surface area contributed by atoms with Crippen molar-refractivity contribution in [1.82, 2.24) is 5.32 Å². The molecule has 0 aromatic carbocycles. The van der Waals surface area contributed by atoms with Gasteiger partial charge in [0.2, 0.25) is 0 Å². The second-order valence-electron chi connectivity index (χ2n) is 4.67. The lowest BCUT2D eigenvalue weighted by molar-refractivity contribution is 0.427. The molecule has 92 valence electrons. The van der Waals surface area contributed by atoms with Gasteiger partial charge < -0.3 is 9.73 Å². The molecule has 2 aromatic rings. The van der Waals surface area contributed by atoms with Crippen molar-refractivity contribution in [1.29, 1.82) is 0 Å². The molecule has 0 amide bonds. The van der Waals surface area contributed by atoms with Gasteiger partial charge in [-0.2, -0.15) is 0 Å². The number of halogens is 1. The summed E-state index contributed by atoms with van der Waals surface area (Å²) in [7, 11) is 0. The van der Waals surface area contributed by atoms with E-state index >= 15 is 0 Å². The topological polar surface area (TPSA) is 25.2 Å². The Bertz CT molecular complexity index is 461. The molecular weight excluding hydrogens is 345 g/mol. The van der Waals surface area contributed by atoms with E-state index in [0.29, 0.717) is 0 Å². The first-order chi connectivity index (χ1) is 8.08. The van der Waals surface area contributed by atoms with Gasteiger partial charge in [-0.25, -0.2) is 0 Å². The van der Waals surface area contributed by atoms with Gasteiger partial charge in [0.25, 0.3) is 0 Å². The SMILES string of the molecule is CC(C)(CNCc1ccc(I)o1)c1cccs1. The molecule has 0 aliphatic carbocycles. The van der Waals surface area contributed by atoms with Crippen molar-refractivity contribution in [2.24, 2.45) is 0 Å². The molecule has 4 heteroatoms. The molecule has 0 saturated heterocycles. The molecule has 0 aliphatic heterocycles. The quantitative estimate of drug-likeness (QED) is 0.814. The molecule has 2 nitrogen and oxygen atoms in total. The number of hydrogen-bond acceptors (Lipinski definition) is 3. The maximum absolute atomic E-state index is 5.52. The molecule has 2 rings (SSSR count).